The van der Waals surface area contributed by atoms with E-state index in [1.54, 1.807) is 0 Å². The van der Waals surface area contributed by atoms with Crippen LogP contribution in [-0.4, -0.2) is 27.3 Å². The van der Waals surface area contributed by atoms with Gasteiger partial charge in [-0.15, -0.1) is 12.1 Å². The standard InChI is InChI=1S/C6H14N.2C2H5.Al/c1-5(2)7-6(3)4;2*1-2;/h5-6H,1-4H3;2*1H2,2H3;/q-1;;;+1. The van der Waals surface area contributed by atoms with Crippen molar-refractivity contribution in [2.45, 2.75) is 64.2 Å². The van der Waals surface area contributed by atoms with E-state index in [1.807, 2.05) is 0 Å². The summed E-state index contributed by atoms with van der Waals surface area (Å²) in [6, 6.07) is 1.000. The zero-order chi connectivity index (χ0) is 9.98. The Hall–Kier alpha value is 0.492. The van der Waals surface area contributed by atoms with Crippen LogP contribution >= 0.6 is 0 Å². The third-order valence-electron chi connectivity index (χ3n) is 1.17. The van der Waals surface area contributed by atoms with Crippen LogP contribution in [0.3, 0.4) is 0 Å². The van der Waals surface area contributed by atoms with Gasteiger partial charge >= 0.3 is 39.6 Å². The van der Waals surface area contributed by atoms with Gasteiger partial charge < -0.3 is 5.32 Å². The Morgan fingerprint density at radius 3 is 1.25 bits per heavy atom. The van der Waals surface area contributed by atoms with Crippen molar-refractivity contribution in [3.05, 3.63) is 5.32 Å². The van der Waals surface area contributed by atoms with Gasteiger partial charge in [-0.05, 0) is 0 Å². The van der Waals surface area contributed by atoms with Gasteiger partial charge in [-0.3, -0.25) is 0 Å². The van der Waals surface area contributed by atoms with Gasteiger partial charge in [0.2, 0.25) is 0 Å². The SMILES string of the molecule is CC(C)[N-]C(C)C.C[CH2][Al+][CH2]C. The van der Waals surface area contributed by atoms with E-state index in [0.717, 1.165) is 15.2 Å². The van der Waals surface area contributed by atoms with E-state index < -0.39 is 0 Å². The van der Waals surface area contributed by atoms with Crippen molar-refractivity contribution >= 4 is 15.2 Å². The van der Waals surface area contributed by atoms with E-state index in [4.69, 9.17) is 0 Å². The molecule has 72 valence electrons. The average Bonchev–Trinajstić information content (AvgIpc) is 1.87. The summed E-state index contributed by atoms with van der Waals surface area (Å²) in [5.74, 6) is 0. The molecule has 0 atom stereocenters. The number of rotatable bonds is 4. The molecular weight excluding hydrogens is 161 g/mol. The predicted octanol–water partition coefficient (Wildman–Crippen LogP) is 3.74. The van der Waals surface area contributed by atoms with E-state index >= 15 is 0 Å². The van der Waals surface area contributed by atoms with Crippen LogP contribution in [-0.2, 0) is 0 Å². The summed E-state index contributed by atoms with van der Waals surface area (Å²) in [5.41, 5.74) is 0. The summed E-state index contributed by atoms with van der Waals surface area (Å²) in [6.07, 6.45) is 0. The van der Waals surface area contributed by atoms with Crippen molar-refractivity contribution in [2.24, 2.45) is 0 Å². The van der Waals surface area contributed by atoms with Crippen LogP contribution in [0, 0.1) is 0 Å². The van der Waals surface area contributed by atoms with Crippen molar-refractivity contribution in [3.8, 4) is 0 Å². The van der Waals surface area contributed by atoms with Crippen molar-refractivity contribution in [2.75, 3.05) is 0 Å². The fraction of sp³-hybridized carbons (Fsp3) is 1.00. The molecule has 0 fully saturated rings. The molecule has 0 rings (SSSR count). The zero-order valence-electron chi connectivity index (χ0n) is 9.59. The molecule has 0 aromatic heterocycles. The minimum absolute atomic E-state index is 0.500. The van der Waals surface area contributed by atoms with Crippen LogP contribution in [0.5, 0.6) is 0 Å². The quantitative estimate of drug-likeness (QED) is 0.592. The van der Waals surface area contributed by atoms with Crippen molar-refractivity contribution in [3.63, 3.8) is 0 Å². The molecule has 2 heteroatoms. The molecule has 0 aromatic carbocycles. The van der Waals surface area contributed by atoms with Crippen molar-refractivity contribution in [1.29, 1.82) is 0 Å². The molecule has 0 amide bonds. The van der Waals surface area contributed by atoms with Crippen LogP contribution in [0.25, 0.3) is 5.32 Å². The first kappa shape index (κ1) is 15.0. The van der Waals surface area contributed by atoms with E-state index in [-0.39, 0.29) is 0 Å². The second kappa shape index (κ2) is 11.5. The van der Waals surface area contributed by atoms with Gasteiger partial charge in [-0.1, -0.05) is 27.7 Å². The Kier molecular flexibility index (Phi) is 14.4. The molecule has 0 saturated carbocycles. The molecule has 0 aliphatic rings. The van der Waals surface area contributed by atoms with E-state index in [0.29, 0.717) is 12.1 Å². The molecule has 0 aliphatic heterocycles. The Bertz CT molecular complexity index is 64.2. The maximum atomic E-state index is 4.28. The van der Waals surface area contributed by atoms with Crippen LogP contribution in [0.15, 0.2) is 0 Å². The predicted molar refractivity (Wildman–Crippen MR) is 60.3 cm³/mol. The number of nitrogens with zero attached hydrogens (tertiary/aromatic N) is 1. The molecule has 0 spiro atoms. The zero-order valence-corrected chi connectivity index (χ0v) is 10.7. The fourth-order valence-electron chi connectivity index (χ4n) is 0.885. The first-order valence-corrected chi connectivity index (χ1v) is 6.69. The molecule has 0 unspecified atom stereocenters. The van der Waals surface area contributed by atoms with Gasteiger partial charge in [0.25, 0.3) is 0 Å². The van der Waals surface area contributed by atoms with Gasteiger partial charge in [0.1, 0.15) is 0 Å². The number of hydrogen-bond acceptors (Lipinski definition) is 0. The molecule has 0 aromatic rings. The summed E-state index contributed by atoms with van der Waals surface area (Å²) >= 11 is 0.815. The molecule has 1 nitrogen and oxygen atoms in total. The van der Waals surface area contributed by atoms with E-state index in [1.165, 1.54) is 10.6 Å². The molecule has 0 heterocycles. The monoisotopic (exact) mass is 185 g/mol. The van der Waals surface area contributed by atoms with Crippen LogP contribution in [0.2, 0.25) is 10.6 Å². The third kappa shape index (κ3) is 22.4. The summed E-state index contributed by atoms with van der Waals surface area (Å²) in [7, 11) is 0. The Labute approximate surface area is 85.0 Å². The van der Waals surface area contributed by atoms with E-state index in [2.05, 4.69) is 46.9 Å². The Balaban J connectivity index is 0. The molecular formula is C10H24AlN. The normalized spacial score (nSPS) is 9.33. The minimum atomic E-state index is 0.500. The third-order valence-corrected chi connectivity index (χ3v) is 2.33. The van der Waals surface area contributed by atoms with E-state index in [9.17, 15) is 0 Å². The van der Waals surface area contributed by atoms with Crippen molar-refractivity contribution in [1.82, 2.24) is 0 Å². The second-order valence-corrected chi connectivity index (χ2v) is 5.65. The Morgan fingerprint density at radius 1 is 0.917 bits per heavy atom. The summed E-state index contributed by atoms with van der Waals surface area (Å²) in [4.78, 5) is 0. The number of hydrogen-bond donors (Lipinski definition) is 0. The molecule has 0 bridgehead atoms. The molecule has 12 heavy (non-hydrogen) atoms. The van der Waals surface area contributed by atoms with Crippen LogP contribution in [0.1, 0.15) is 41.5 Å². The molecule has 0 saturated heterocycles. The topological polar surface area (TPSA) is 14.1 Å². The summed E-state index contributed by atoms with van der Waals surface area (Å²) in [5, 5.41) is 7.13. The van der Waals surface area contributed by atoms with Gasteiger partial charge in [0, 0.05) is 0 Å². The Morgan fingerprint density at radius 2 is 1.25 bits per heavy atom. The molecule has 0 aliphatic carbocycles. The van der Waals surface area contributed by atoms with Crippen LogP contribution < -0.4 is 0 Å². The second-order valence-electron chi connectivity index (χ2n) is 3.44. The van der Waals surface area contributed by atoms with Gasteiger partial charge in [0.05, 0.1) is 0 Å². The van der Waals surface area contributed by atoms with Crippen molar-refractivity contribution < 1.29 is 0 Å². The summed E-state index contributed by atoms with van der Waals surface area (Å²) < 4.78 is 0. The maximum absolute atomic E-state index is 4.28. The van der Waals surface area contributed by atoms with Gasteiger partial charge in [-0.25, -0.2) is 0 Å². The van der Waals surface area contributed by atoms with Gasteiger partial charge in [0.15, 0.2) is 0 Å². The van der Waals surface area contributed by atoms with Crippen LogP contribution in [0.4, 0.5) is 0 Å². The van der Waals surface area contributed by atoms with Gasteiger partial charge in [-0.2, -0.15) is 0 Å². The first-order chi connectivity index (χ1) is 5.54. The molecule has 0 N–H and O–H groups in total. The molecule has 0 radical (unpaired) electrons. The first-order valence-electron chi connectivity index (χ1n) is 5.06. The average molecular weight is 185 g/mol. The fourth-order valence-corrected chi connectivity index (χ4v) is 1.46. The summed E-state index contributed by atoms with van der Waals surface area (Å²) in [6.45, 7) is 12.9.